The Hall–Kier alpha value is -2.56. The molecule has 1 amide bonds. The van der Waals surface area contributed by atoms with Crippen LogP contribution in [-0.4, -0.2) is 41.9 Å². The quantitative estimate of drug-likeness (QED) is 0.606. The van der Waals surface area contributed by atoms with Gasteiger partial charge in [0.05, 0.1) is 5.92 Å². The van der Waals surface area contributed by atoms with Crippen LogP contribution in [0.5, 0.6) is 0 Å². The van der Waals surface area contributed by atoms with Crippen molar-refractivity contribution in [2.45, 2.75) is 37.4 Å². The summed E-state index contributed by atoms with van der Waals surface area (Å²) < 4.78 is 32.9. The second-order valence-corrected chi connectivity index (χ2v) is 10.7. The zero-order chi connectivity index (χ0) is 22.0. The van der Waals surface area contributed by atoms with Crippen LogP contribution in [-0.2, 0) is 21.4 Å². The highest BCUT2D eigenvalue weighted by Crippen LogP contribution is 2.31. The summed E-state index contributed by atoms with van der Waals surface area (Å²) in [7, 11) is -3.70. The number of benzene rings is 1. The highest BCUT2D eigenvalue weighted by Gasteiger charge is 2.34. The lowest BCUT2D eigenvalue weighted by molar-refractivity contribution is -0.126. The van der Waals surface area contributed by atoms with Gasteiger partial charge in [0.25, 0.3) is 10.0 Å². The fourth-order valence-corrected chi connectivity index (χ4v) is 6.46. The Morgan fingerprint density at radius 1 is 1.32 bits per heavy atom. The summed E-state index contributed by atoms with van der Waals surface area (Å²) in [5, 5.41) is 8.51. The average Bonchev–Trinajstić information content (AvgIpc) is 3.42. The zero-order valence-electron chi connectivity index (χ0n) is 17.4. The zero-order valence-corrected chi connectivity index (χ0v) is 19.0. The molecule has 1 atom stereocenters. The van der Waals surface area contributed by atoms with E-state index in [9.17, 15) is 13.2 Å². The molecule has 0 saturated carbocycles. The van der Waals surface area contributed by atoms with Gasteiger partial charge in [-0.05, 0) is 37.0 Å². The Balaban J connectivity index is 1.43. The van der Waals surface area contributed by atoms with Gasteiger partial charge in [-0.1, -0.05) is 29.4 Å². The first-order chi connectivity index (χ1) is 14.8. The van der Waals surface area contributed by atoms with Gasteiger partial charge in [0.1, 0.15) is 4.21 Å². The summed E-state index contributed by atoms with van der Waals surface area (Å²) in [5.74, 6) is 0.299. The van der Waals surface area contributed by atoms with Gasteiger partial charge in [0.15, 0.2) is 0 Å². The van der Waals surface area contributed by atoms with Gasteiger partial charge in [0.2, 0.25) is 17.6 Å². The molecular formula is C21H24N4O4S2. The summed E-state index contributed by atoms with van der Waals surface area (Å²) >= 11 is 1.12. The lowest BCUT2D eigenvalue weighted by Gasteiger charge is -2.30. The number of rotatable bonds is 6. The lowest BCUT2D eigenvalue weighted by Crippen LogP contribution is -2.45. The fraction of sp³-hybridized carbons (Fsp3) is 0.381. The maximum atomic E-state index is 13.2. The maximum absolute atomic E-state index is 13.2. The lowest BCUT2D eigenvalue weighted by atomic mass is 9.98. The van der Waals surface area contributed by atoms with Crippen molar-refractivity contribution < 1.29 is 17.7 Å². The van der Waals surface area contributed by atoms with E-state index in [0.29, 0.717) is 43.2 Å². The molecule has 1 N–H and O–H groups in total. The summed E-state index contributed by atoms with van der Waals surface area (Å²) in [6, 6.07) is 9.44. The number of carbonyl (C=O) groups excluding carboxylic acids is 1. The third kappa shape index (κ3) is 4.70. The number of carbonyl (C=O) groups is 1. The van der Waals surface area contributed by atoms with Gasteiger partial charge in [-0.15, -0.1) is 11.3 Å². The third-order valence-corrected chi connectivity index (χ3v) is 8.70. The molecule has 1 aromatic carbocycles. The van der Waals surface area contributed by atoms with E-state index in [4.69, 9.17) is 4.52 Å². The minimum absolute atomic E-state index is 0.114. The smallest absolute Gasteiger partial charge is 0.252 e. The molecule has 3 aromatic rings. The van der Waals surface area contributed by atoms with Crippen LogP contribution in [0.25, 0.3) is 11.4 Å². The average molecular weight is 461 g/mol. The largest absolute Gasteiger partial charge is 0.352 e. The van der Waals surface area contributed by atoms with Crippen LogP contribution in [0, 0.1) is 19.8 Å². The van der Waals surface area contributed by atoms with Crippen LogP contribution >= 0.6 is 11.3 Å². The highest BCUT2D eigenvalue weighted by molar-refractivity contribution is 7.91. The number of hydrogen-bond acceptors (Lipinski definition) is 7. The molecule has 8 nitrogen and oxygen atoms in total. The third-order valence-electron chi connectivity index (χ3n) is 5.42. The second-order valence-electron chi connectivity index (χ2n) is 7.64. The van der Waals surface area contributed by atoms with E-state index in [1.807, 2.05) is 31.2 Å². The predicted molar refractivity (Wildman–Crippen MR) is 117 cm³/mol. The summed E-state index contributed by atoms with van der Waals surface area (Å²) in [4.78, 5) is 16.9. The van der Waals surface area contributed by atoms with E-state index in [-0.39, 0.29) is 22.6 Å². The molecule has 1 unspecified atom stereocenters. The van der Waals surface area contributed by atoms with Crippen molar-refractivity contribution >= 4 is 27.3 Å². The van der Waals surface area contributed by atoms with Gasteiger partial charge in [-0.25, -0.2) is 8.42 Å². The van der Waals surface area contributed by atoms with Crippen molar-refractivity contribution in [1.29, 1.82) is 0 Å². The van der Waals surface area contributed by atoms with Crippen molar-refractivity contribution in [2.24, 2.45) is 5.92 Å². The molecule has 0 radical (unpaired) electrons. The molecule has 0 bridgehead atoms. The summed E-state index contributed by atoms with van der Waals surface area (Å²) in [5.41, 5.74) is 2.77. The van der Waals surface area contributed by atoms with E-state index in [2.05, 4.69) is 15.5 Å². The number of nitrogens with one attached hydrogen (secondary N) is 1. The van der Waals surface area contributed by atoms with Gasteiger partial charge in [-0.2, -0.15) is 9.29 Å². The monoisotopic (exact) mass is 460 g/mol. The predicted octanol–water partition coefficient (Wildman–Crippen LogP) is 3.13. The Morgan fingerprint density at radius 2 is 2.13 bits per heavy atom. The number of sulfonamides is 1. The van der Waals surface area contributed by atoms with Crippen molar-refractivity contribution in [1.82, 2.24) is 19.8 Å². The Bertz CT molecular complexity index is 1190. The second kappa shape index (κ2) is 8.89. The van der Waals surface area contributed by atoms with E-state index < -0.39 is 10.0 Å². The number of hydrogen-bond donors (Lipinski definition) is 1. The highest BCUT2D eigenvalue weighted by atomic mass is 32.2. The first-order valence-corrected chi connectivity index (χ1v) is 12.4. The number of amides is 1. The van der Waals surface area contributed by atoms with Gasteiger partial charge >= 0.3 is 0 Å². The van der Waals surface area contributed by atoms with Crippen molar-refractivity contribution in [3.05, 3.63) is 52.7 Å². The van der Waals surface area contributed by atoms with E-state index in [0.717, 1.165) is 22.5 Å². The molecule has 3 heterocycles. The van der Waals surface area contributed by atoms with Crippen LogP contribution in [0.4, 0.5) is 0 Å². The van der Waals surface area contributed by atoms with Gasteiger partial charge in [0, 0.05) is 37.5 Å². The molecule has 10 heteroatoms. The normalized spacial score (nSPS) is 17.5. The van der Waals surface area contributed by atoms with Crippen molar-refractivity contribution in [3.8, 4) is 11.4 Å². The molecule has 1 aliphatic heterocycles. The Morgan fingerprint density at radius 3 is 2.87 bits per heavy atom. The molecule has 2 aromatic heterocycles. The van der Waals surface area contributed by atoms with Crippen molar-refractivity contribution in [2.75, 3.05) is 13.1 Å². The number of aromatic nitrogens is 2. The molecule has 1 fully saturated rings. The SMILES string of the molecule is Cc1nc(-c2csc(S(=O)(=O)N3CCCC(C(=O)NCc4ccccc4C)C3)c2)no1. The van der Waals surface area contributed by atoms with Gasteiger partial charge in [-0.3, -0.25) is 4.79 Å². The van der Waals surface area contributed by atoms with E-state index in [1.54, 1.807) is 18.4 Å². The molecular weight excluding hydrogens is 436 g/mol. The Kier molecular flexibility index (Phi) is 6.22. The standard InChI is InChI=1S/C21H24N4O4S2/c1-14-6-3-4-7-16(14)11-22-21(26)17-8-5-9-25(12-17)31(27,28)19-10-18(13-30-19)20-23-15(2)29-24-20/h3-4,6-7,10,13,17H,5,8-9,11-12H2,1-2H3,(H,22,26). The molecule has 1 aliphatic rings. The number of piperidine rings is 1. The molecule has 0 aliphatic carbocycles. The van der Waals surface area contributed by atoms with Crippen LogP contribution < -0.4 is 5.32 Å². The molecule has 0 spiro atoms. The number of thiophene rings is 1. The van der Waals surface area contributed by atoms with Crippen LogP contribution in [0.15, 0.2) is 44.4 Å². The van der Waals surface area contributed by atoms with E-state index >= 15 is 0 Å². The fourth-order valence-electron chi connectivity index (χ4n) is 3.62. The minimum atomic E-state index is -3.70. The van der Waals surface area contributed by atoms with Crippen molar-refractivity contribution in [3.63, 3.8) is 0 Å². The van der Waals surface area contributed by atoms with Crippen LogP contribution in [0.2, 0.25) is 0 Å². The minimum Gasteiger partial charge on any atom is -0.352 e. The number of aryl methyl sites for hydroxylation is 2. The summed E-state index contributed by atoms with van der Waals surface area (Å²) in [6.07, 6.45) is 1.31. The summed E-state index contributed by atoms with van der Waals surface area (Å²) in [6.45, 7) is 4.70. The molecule has 164 valence electrons. The van der Waals surface area contributed by atoms with Crippen LogP contribution in [0.3, 0.4) is 0 Å². The Labute approximate surface area is 185 Å². The van der Waals surface area contributed by atoms with Crippen LogP contribution in [0.1, 0.15) is 29.9 Å². The molecule has 4 rings (SSSR count). The van der Waals surface area contributed by atoms with E-state index in [1.165, 1.54) is 4.31 Å². The topological polar surface area (TPSA) is 105 Å². The number of nitrogens with zero attached hydrogens (tertiary/aromatic N) is 3. The first-order valence-electron chi connectivity index (χ1n) is 10.1. The first kappa shape index (κ1) is 21.7. The van der Waals surface area contributed by atoms with Gasteiger partial charge < -0.3 is 9.84 Å². The molecule has 31 heavy (non-hydrogen) atoms. The maximum Gasteiger partial charge on any atom is 0.252 e. The molecule has 1 saturated heterocycles.